The van der Waals surface area contributed by atoms with Gasteiger partial charge in [0.1, 0.15) is 6.54 Å². The van der Waals surface area contributed by atoms with E-state index in [1.807, 2.05) is 13.0 Å². The molecular formula is C10H10INO3. The summed E-state index contributed by atoms with van der Waals surface area (Å²) in [6, 6.07) is 5.34. The van der Waals surface area contributed by atoms with Gasteiger partial charge >= 0.3 is 5.97 Å². The number of halogens is 1. The highest BCUT2D eigenvalue weighted by Crippen LogP contribution is 2.16. The Morgan fingerprint density at radius 1 is 1.47 bits per heavy atom. The molecule has 1 rings (SSSR count). The van der Waals surface area contributed by atoms with E-state index < -0.39 is 5.97 Å². The number of amides is 1. The number of carbonyl (C=O) groups excluding carboxylic acids is 1. The molecule has 5 heteroatoms. The second-order valence-corrected chi connectivity index (χ2v) is 4.09. The monoisotopic (exact) mass is 319 g/mol. The second kappa shape index (κ2) is 5.11. The van der Waals surface area contributed by atoms with Crippen molar-refractivity contribution in [1.29, 1.82) is 0 Å². The molecule has 1 aromatic rings. The number of carboxylic acids is 1. The van der Waals surface area contributed by atoms with E-state index in [1.54, 1.807) is 12.1 Å². The molecule has 80 valence electrons. The van der Waals surface area contributed by atoms with Crippen molar-refractivity contribution in [2.24, 2.45) is 0 Å². The molecule has 0 radical (unpaired) electrons. The van der Waals surface area contributed by atoms with Gasteiger partial charge in [0.15, 0.2) is 0 Å². The van der Waals surface area contributed by atoms with E-state index in [0.717, 1.165) is 9.13 Å². The standard InChI is InChI=1S/C10H10INO3/c1-6-3-2-4-7(9(6)11)10(15)12-5-8(13)14/h2-4H,5H2,1H3,(H,12,15)(H,13,14). The highest BCUT2D eigenvalue weighted by molar-refractivity contribution is 14.1. The Labute approximate surface area is 101 Å². The van der Waals surface area contributed by atoms with Crippen LogP contribution in [0.15, 0.2) is 18.2 Å². The fraction of sp³-hybridized carbons (Fsp3) is 0.200. The number of rotatable bonds is 3. The van der Waals surface area contributed by atoms with Crippen LogP contribution < -0.4 is 5.32 Å². The fourth-order valence-corrected chi connectivity index (χ4v) is 1.68. The van der Waals surface area contributed by atoms with Crippen LogP contribution in [0.5, 0.6) is 0 Å². The van der Waals surface area contributed by atoms with Crippen molar-refractivity contribution in [2.45, 2.75) is 6.92 Å². The number of hydrogen-bond acceptors (Lipinski definition) is 2. The minimum atomic E-state index is -1.05. The van der Waals surface area contributed by atoms with Crippen LogP contribution in [0.4, 0.5) is 0 Å². The first kappa shape index (κ1) is 12.0. The van der Waals surface area contributed by atoms with E-state index in [-0.39, 0.29) is 12.5 Å². The topological polar surface area (TPSA) is 66.4 Å². The van der Waals surface area contributed by atoms with Gasteiger partial charge in [-0.1, -0.05) is 12.1 Å². The summed E-state index contributed by atoms with van der Waals surface area (Å²) >= 11 is 2.07. The van der Waals surface area contributed by atoms with Crippen LogP contribution in [0.3, 0.4) is 0 Å². The molecule has 1 aromatic carbocycles. The minimum Gasteiger partial charge on any atom is -0.480 e. The molecule has 0 fully saturated rings. The van der Waals surface area contributed by atoms with Gasteiger partial charge in [-0.3, -0.25) is 9.59 Å². The Bertz CT molecular complexity index is 404. The number of aliphatic carboxylic acids is 1. The molecule has 15 heavy (non-hydrogen) atoms. The van der Waals surface area contributed by atoms with Gasteiger partial charge < -0.3 is 10.4 Å². The van der Waals surface area contributed by atoms with Crippen LogP contribution in [0.2, 0.25) is 0 Å². The number of carbonyl (C=O) groups is 2. The zero-order valence-corrected chi connectivity index (χ0v) is 10.2. The Morgan fingerprint density at radius 2 is 2.13 bits per heavy atom. The van der Waals surface area contributed by atoms with Crippen molar-refractivity contribution < 1.29 is 14.7 Å². The van der Waals surface area contributed by atoms with Gasteiger partial charge in [0, 0.05) is 3.57 Å². The second-order valence-electron chi connectivity index (χ2n) is 3.01. The Kier molecular flexibility index (Phi) is 4.07. The van der Waals surface area contributed by atoms with E-state index in [4.69, 9.17) is 5.11 Å². The predicted molar refractivity (Wildman–Crippen MR) is 63.9 cm³/mol. The van der Waals surface area contributed by atoms with Gasteiger partial charge in [-0.25, -0.2) is 0 Å². The van der Waals surface area contributed by atoms with Crippen molar-refractivity contribution in [3.8, 4) is 0 Å². The fourth-order valence-electron chi connectivity index (χ4n) is 1.07. The predicted octanol–water partition coefficient (Wildman–Crippen LogP) is 1.41. The lowest BCUT2D eigenvalue weighted by atomic mass is 10.1. The molecule has 0 spiro atoms. The number of nitrogens with one attached hydrogen (secondary N) is 1. The van der Waals surface area contributed by atoms with E-state index >= 15 is 0 Å². The summed E-state index contributed by atoms with van der Waals surface area (Å²) in [7, 11) is 0. The van der Waals surface area contributed by atoms with E-state index in [9.17, 15) is 9.59 Å². The zero-order chi connectivity index (χ0) is 11.4. The molecular weight excluding hydrogens is 309 g/mol. The van der Waals surface area contributed by atoms with Crippen molar-refractivity contribution in [1.82, 2.24) is 5.32 Å². The van der Waals surface area contributed by atoms with Gasteiger partial charge in [0.25, 0.3) is 5.91 Å². The van der Waals surface area contributed by atoms with Crippen molar-refractivity contribution in [3.63, 3.8) is 0 Å². The maximum absolute atomic E-state index is 11.5. The molecule has 0 atom stereocenters. The molecule has 2 N–H and O–H groups in total. The largest absolute Gasteiger partial charge is 0.480 e. The Morgan fingerprint density at radius 3 is 2.73 bits per heavy atom. The SMILES string of the molecule is Cc1cccc(C(=O)NCC(=O)O)c1I. The van der Waals surface area contributed by atoms with Gasteiger partial charge in [0.05, 0.1) is 5.56 Å². The summed E-state index contributed by atoms with van der Waals surface area (Å²) in [4.78, 5) is 21.8. The van der Waals surface area contributed by atoms with Crippen molar-refractivity contribution in [3.05, 3.63) is 32.9 Å². The molecule has 0 aliphatic carbocycles. The average Bonchev–Trinajstić information content (AvgIpc) is 2.18. The summed E-state index contributed by atoms with van der Waals surface area (Å²) in [5, 5.41) is 10.7. The number of carboxylic acid groups (broad SMARTS) is 1. The quantitative estimate of drug-likeness (QED) is 0.828. The third kappa shape index (κ3) is 3.19. The Balaban J connectivity index is 2.82. The maximum Gasteiger partial charge on any atom is 0.322 e. The number of benzene rings is 1. The van der Waals surface area contributed by atoms with E-state index in [1.165, 1.54) is 0 Å². The van der Waals surface area contributed by atoms with Crippen LogP contribution in [0, 0.1) is 10.5 Å². The molecule has 0 aliphatic heterocycles. The highest BCUT2D eigenvalue weighted by atomic mass is 127. The van der Waals surface area contributed by atoms with Crippen LogP contribution in [-0.4, -0.2) is 23.5 Å². The lowest BCUT2D eigenvalue weighted by Gasteiger charge is -2.06. The first-order valence-corrected chi connectivity index (χ1v) is 5.35. The molecule has 0 saturated carbocycles. The number of aryl methyl sites for hydroxylation is 1. The molecule has 0 aromatic heterocycles. The summed E-state index contributed by atoms with van der Waals surface area (Å²) in [6.07, 6.45) is 0. The summed E-state index contributed by atoms with van der Waals surface area (Å²) < 4.78 is 0.845. The molecule has 0 aliphatic rings. The summed E-state index contributed by atoms with van der Waals surface area (Å²) in [6.45, 7) is 1.54. The average molecular weight is 319 g/mol. The molecule has 1 amide bonds. The molecule has 0 unspecified atom stereocenters. The zero-order valence-electron chi connectivity index (χ0n) is 8.08. The van der Waals surface area contributed by atoms with Gasteiger partial charge in [-0.15, -0.1) is 0 Å². The number of hydrogen-bond donors (Lipinski definition) is 2. The highest BCUT2D eigenvalue weighted by Gasteiger charge is 2.11. The summed E-state index contributed by atoms with van der Waals surface area (Å²) in [5.41, 5.74) is 1.51. The van der Waals surface area contributed by atoms with Gasteiger partial charge in [-0.05, 0) is 41.1 Å². The molecule has 4 nitrogen and oxygen atoms in total. The molecule has 0 heterocycles. The van der Waals surface area contributed by atoms with Crippen molar-refractivity contribution >= 4 is 34.5 Å². The van der Waals surface area contributed by atoms with Gasteiger partial charge in [-0.2, -0.15) is 0 Å². The summed E-state index contributed by atoms with van der Waals surface area (Å²) in [5.74, 6) is -1.41. The lowest BCUT2D eigenvalue weighted by Crippen LogP contribution is -2.29. The van der Waals surface area contributed by atoms with E-state index in [2.05, 4.69) is 27.9 Å². The van der Waals surface area contributed by atoms with Crippen molar-refractivity contribution in [2.75, 3.05) is 6.54 Å². The smallest absolute Gasteiger partial charge is 0.322 e. The Hall–Kier alpha value is -1.11. The molecule has 0 saturated heterocycles. The lowest BCUT2D eigenvalue weighted by molar-refractivity contribution is -0.135. The van der Waals surface area contributed by atoms with E-state index in [0.29, 0.717) is 5.56 Å². The maximum atomic E-state index is 11.5. The third-order valence-electron chi connectivity index (χ3n) is 1.84. The van der Waals surface area contributed by atoms with Crippen LogP contribution >= 0.6 is 22.6 Å². The van der Waals surface area contributed by atoms with Crippen LogP contribution in [0.1, 0.15) is 15.9 Å². The van der Waals surface area contributed by atoms with Gasteiger partial charge in [0.2, 0.25) is 0 Å². The normalized spacial score (nSPS) is 9.73. The third-order valence-corrected chi connectivity index (χ3v) is 3.27. The first-order chi connectivity index (χ1) is 7.02. The minimum absolute atomic E-state index is 0.356. The van der Waals surface area contributed by atoms with Crippen LogP contribution in [-0.2, 0) is 4.79 Å². The first-order valence-electron chi connectivity index (χ1n) is 4.27. The van der Waals surface area contributed by atoms with Crippen LogP contribution in [0.25, 0.3) is 0 Å². The molecule has 0 bridgehead atoms.